The lowest BCUT2D eigenvalue weighted by atomic mass is 10.2. The van der Waals surface area contributed by atoms with Gasteiger partial charge in [0.1, 0.15) is 0 Å². The van der Waals surface area contributed by atoms with Gasteiger partial charge in [0.2, 0.25) is 0 Å². The van der Waals surface area contributed by atoms with Crippen LogP contribution in [0, 0.1) is 5.92 Å². The van der Waals surface area contributed by atoms with Crippen molar-refractivity contribution >= 4 is 11.6 Å². The van der Waals surface area contributed by atoms with Crippen molar-refractivity contribution in [2.24, 2.45) is 10.9 Å². The van der Waals surface area contributed by atoms with E-state index in [2.05, 4.69) is 69.6 Å². The summed E-state index contributed by atoms with van der Waals surface area (Å²) in [5.41, 5.74) is 1.30. The fraction of sp³-hybridized carbons (Fsp3) is 0.667. The average molecular weight is 374 g/mol. The first-order valence-electron chi connectivity index (χ1n) is 10.2. The Kier molecular flexibility index (Phi) is 7.35. The lowest BCUT2D eigenvalue weighted by molar-refractivity contribution is -0.0284. The smallest absolute Gasteiger partial charge is 0.191 e. The summed E-state index contributed by atoms with van der Waals surface area (Å²) in [6, 6.07) is 11.0. The number of hydrogen-bond donors (Lipinski definition) is 2. The summed E-state index contributed by atoms with van der Waals surface area (Å²) in [6.45, 7) is 11.4. The molecule has 2 atom stereocenters. The molecular formula is C21H35N5O. The molecule has 0 aliphatic carbocycles. The summed E-state index contributed by atoms with van der Waals surface area (Å²) < 4.78 is 5.93. The van der Waals surface area contributed by atoms with E-state index >= 15 is 0 Å². The number of para-hydroxylation sites is 1. The lowest BCUT2D eigenvalue weighted by Gasteiger charge is -2.34. The third kappa shape index (κ3) is 6.11. The Morgan fingerprint density at radius 2 is 2.04 bits per heavy atom. The number of anilines is 1. The highest BCUT2D eigenvalue weighted by Crippen LogP contribution is 2.19. The number of nitrogens with one attached hydrogen (secondary N) is 2. The van der Waals surface area contributed by atoms with Crippen molar-refractivity contribution in [2.45, 2.75) is 32.4 Å². The molecule has 2 N–H and O–H groups in total. The van der Waals surface area contributed by atoms with Crippen molar-refractivity contribution < 1.29 is 4.74 Å². The van der Waals surface area contributed by atoms with Gasteiger partial charge in [-0.3, -0.25) is 9.89 Å². The van der Waals surface area contributed by atoms with E-state index in [0.29, 0.717) is 12.0 Å². The summed E-state index contributed by atoms with van der Waals surface area (Å²) in [5, 5.41) is 7.04. The predicted molar refractivity (Wildman–Crippen MR) is 113 cm³/mol. The molecule has 0 aromatic heterocycles. The van der Waals surface area contributed by atoms with Crippen molar-refractivity contribution in [1.82, 2.24) is 15.5 Å². The van der Waals surface area contributed by atoms with E-state index in [9.17, 15) is 0 Å². The Bertz CT molecular complexity index is 591. The molecule has 6 heteroatoms. The average Bonchev–Trinajstić information content (AvgIpc) is 3.14. The SMILES string of the molecule is CN=C(NCC1CN(CC(C)C)CCO1)NC1CCN(c2ccccc2)C1. The molecule has 0 spiro atoms. The van der Waals surface area contributed by atoms with Crippen LogP contribution in [0.4, 0.5) is 5.69 Å². The van der Waals surface area contributed by atoms with Gasteiger partial charge in [0.05, 0.1) is 12.7 Å². The predicted octanol–water partition coefficient (Wildman–Crippen LogP) is 1.79. The summed E-state index contributed by atoms with van der Waals surface area (Å²) >= 11 is 0. The number of nitrogens with zero attached hydrogens (tertiary/aromatic N) is 3. The minimum atomic E-state index is 0.223. The number of morpholine rings is 1. The van der Waals surface area contributed by atoms with E-state index in [0.717, 1.165) is 58.3 Å². The number of hydrogen-bond acceptors (Lipinski definition) is 4. The van der Waals surface area contributed by atoms with E-state index in [1.165, 1.54) is 5.69 Å². The first kappa shape index (κ1) is 20.0. The highest BCUT2D eigenvalue weighted by atomic mass is 16.5. The van der Waals surface area contributed by atoms with Crippen LogP contribution < -0.4 is 15.5 Å². The van der Waals surface area contributed by atoms with Crippen molar-refractivity contribution in [3.63, 3.8) is 0 Å². The number of guanidine groups is 1. The zero-order valence-corrected chi connectivity index (χ0v) is 17.0. The molecule has 2 saturated heterocycles. The molecular weight excluding hydrogens is 338 g/mol. The van der Waals surface area contributed by atoms with Gasteiger partial charge >= 0.3 is 0 Å². The molecule has 2 unspecified atom stereocenters. The first-order chi connectivity index (χ1) is 13.1. The summed E-state index contributed by atoms with van der Waals surface area (Å²) in [7, 11) is 1.84. The van der Waals surface area contributed by atoms with Gasteiger partial charge in [0.25, 0.3) is 0 Å². The fourth-order valence-electron chi connectivity index (χ4n) is 3.94. The van der Waals surface area contributed by atoms with E-state index in [1.807, 2.05) is 7.05 Å². The molecule has 3 rings (SSSR count). The van der Waals surface area contributed by atoms with Crippen molar-refractivity contribution in [2.75, 3.05) is 57.8 Å². The van der Waals surface area contributed by atoms with Gasteiger partial charge in [-0.25, -0.2) is 0 Å². The molecule has 2 fully saturated rings. The van der Waals surface area contributed by atoms with Crippen molar-refractivity contribution in [3.8, 4) is 0 Å². The molecule has 2 heterocycles. The Morgan fingerprint density at radius 3 is 2.78 bits per heavy atom. The van der Waals surface area contributed by atoms with Gasteiger partial charge in [0.15, 0.2) is 5.96 Å². The zero-order valence-electron chi connectivity index (χ0n) is 17.0. The molecule has 27 heavy (non-hydrogen) atoms. The number of benzene rings is 1. The largest absolute Gasteiger partial charge is 0.374 e. The van der Waals surface area contributed by atoms with E-state index in [4.69, 9.17) is 4.74 Å². The summed E-state index contributed by atoms with van der Waals surface area (Å²) in [6.07, 6.45) is 1.35. The highest BCUT2D eigenvalue weighted by molar-refractivity contribution is 5.80. The second-order valence-corrected chi connectivity index (χ2v) is 8.01. The zero-order chi connectivity index (χ0) is 19.1. The minimum absolute atomic E-state index is 0.223. The van der Waals surface area contributed by atoms with Gasteiger partial charge in [-0.05, 0) is 24.5 Å². The normalized spacial score (nSPS) is 24.4. The Hall–Kier alpha value is -1.79. The van der Waals surface area contributed by atoms with Gasteiger partial charge in [0, 0.05) is 58.0 Å². The van der Waals surface area contributed by atoms with Gasteiger partial charge in [-0.2, -0.15) is 0 Å². The van der Waals surface area contributed by atoms with Crippen LogP contribution in [0.1, 0.15) is 20.3 Å². The molecule has 2 aliphatic rings. The topological polar surface area (TPSA) is 52.1 Å². The van der Waals surface area contributed by atoms with Gasteiger partial charge in [-0.1, -0.05) is 32.0 Å². The molecule has 1 aromatic rings. The monoisotopic (exact) mass is 373 g/mol. The third-order valence-electron chi connectivity index (χ3n) is 5.22. The first-order valence-corrected chi connectivity index (χ1v) is 10.2. The maximum atomic E-state index is 5.93. The highest BCUT2D eigenvalue weighted by Gasteiger charge is 2.24. The quantitative estimate of drug-likeness (QED) is 0.588. The second-order valence-electron chi connectivity index (χ2n) is 8.01. The molecule has 6 nitrogen and oxygen atoms in total. The van der Waals surface area contributed by atoms with E-state index < -0.39 is 0 Å². The molecule has 1 aromatic carbocycles. The molecule has 0 saturated carbocycles. The maximum absolute atomic E-state index is 5.93. The lowest BCUT2D eigenvalue weighted by Crippen LogP contribution is -2.51. The third-order valence-corrected chi connectivity index (χ3v) is 5.22. The fourth-order valence-corrected chi connectivity index (χ4v) is 3.94. The summed E-state index contributed by atoms with van der Waals surface area (Å²) in [5.74, 6) is 1.57. The number of rotatable bonds is 6. The van der Waals surface area contributed by atoms with E-state index in [1.54, 1.807) is 0 Å². The molecule has 0 bridgehead atoms. The Balaban J connectivity index is 1.42. The van der Waals surface area contributed by atoms with Crippen molar-refractivity contribution in [3.05, 3.63) is 30.3 Å². The van der Waals surface area contributed by atoms with Gasteiger partial charge in [-0.15, -0.1) is 0 Å². The Labute approximate surface area is 164 Å². The van der Waals surface area contributed by atoms with Crippen LogP contribution in [-0.2, 0) is 4.74 Å². The van der Waals surface area contributed by atoms with Crippen LogP contribution in [0.3, 0.4) is 0 Å². The molecule has 0 amide bonds. The van der Waals surface area contributed by atoms with Crippen molar-refractivity contribution in [1.29, 1.82) is 0 Å². The second kappa shape index (κ2) is 9.95. The van der Waals surface area contributed by atoms with Crippen LogP contribution in [0.15, 0.2) is 35.3 Å². The van der Waals surface area contributed by atoms with Crippen LogP contribution in [0.5, 0.6) is 0 Å². The van der Waals surface area contributed by atoms with Crippen LogP contribution in [-0.4, -0.2) is 75.9 Å². The summed E-state index contributed by atoms with van der Waals surface area (Å²) in [4.78, 5) is 9.34. The van der Waals surface area contributed by atoms with Crippen LogP contribution >= 0.6 is 0 Å². The molecule has 150 valence electrons. The van der Waals surface area contributed by atoms with Gasteiger partial charge < -0.3 is 20.3 Å². The Morgan fingerprint density at radius 1 is 1.22 bits per heavy atom. The number of ether oxygens (including phenoxy) is 1. The minimum Gasteiger partial charge on any atom is -0.374 e. The molecule has 0 radical (unpaired) electrons. The number of aliphatic imine (C=N–C) groups is 1. The van der Waals surface area contributed by atoms with Crippen LogP contribution in [0.2, 0.25) is 0 Å². The van der Waals surface area contributed by atoms with Crippen LogP contribution in [0.25, 0.3) is 0 Å². The van der Waals surface area contributed by atoms with E-state index in [-0.39, 0.29) is 6.10 Å². The standard InChI is InChI=1S/C21H35N5O/c1-17(2)14-25-11-12-27-20(16-25)13-23-21(22-3)24-18-9-10-26(15-18)19-7-5-4-6-8-19/h4-8,17-18,20H,9-16H2,1-3H3,(H2,22,23,24). The molecule has 2 aliphatic heterocycles. The maximum Gasteiger partial charge on any atom is 0.191 e.